The topological polar surface area (TPSA) is 154 Å². The Bertz CT molecular complexity index is 866. The van der Waals surface area contributed by atoms with Crippen LogP contribution in [0.25, 0.3) is 0 Å². The third-order valence-corrected chi connectivity index (χ3v) is 2.66. The van der Waals surface area contributed by atoms with Crippen molar-refractivity contribution in [1.29, 1.82) is 0 Å². The molecular weight excluding hydrogens is 677 g/mol. The summed E-state index contributed by atoms with van der Waals surface area (Å²) in [5, 5.41) is 0. The van der Waals surface area contributed by atoms with E-state index in [9.17, 15) is 28.8 Å². The van der Waals surface area contributed by atoms with Crippen molar-refractivity contribution in [2.75, 3.05) is 13.1 Å². The van der Waals surface area contributed by atoms with Crippen LogP contribution in [-0.2, 0) is 43.6 Å². The SMILES string of the molecule is C.C.C.C.C.O=C=NCCn1c(=O)n(CCN=C=O)c(=O)n(CN=C=O)c1=O.[I][V][I]. The van der Waals surface area contributed by atoms with Crippen LogP contribution in [0.2, 0.25) is 0 Å². The van der Waals surface area contributed by atoms with Crippen LogP contribution in [0.3, 0.4) is 0 Å². The third-order valence-electron chi connectivity index (χ3n) is 2.66. The van der Waals surface area contributed by atoms with Crippen LogP contribution in [-0.4, -0.2) is 45.0 Å². The number of aliphatic imine (C=N–C) groups is 3. The number of halogens is 2. The Labute approximate surface area is 210 Å². The molecule has 1 aromatic heterocycles. The van der Waals surface area contributed by atoms with Gasteiger partial charge in [-0.1, -0.05) is 37.1 Å². The van der Waals surface area contributed by atoms with E-state index in [1.54, 1.807) is 0 Å². The molecule has 0 N–H and O–H groups in total. The Kier molecular flexibility index (Phi) is 37.3. The van der Waals surface area contributed by atoms with Gasteiger partial charge < -0.3 is 0 Å². The molecule has 0 bridgehead atoms. The van der Waals surface area contributed by atoms with Crippen molar-refractivity contribution >= 4 is 58.2 Å². The summed E-state index contributed by atoms with van der Waals surface area (Å²) in [6.07, 6.45) is 3.67. The Morgan fingerprint density at radius 3 is 1.23 bits per heavy atom. The fraction of sp³-hybridized carbons (Fsp3) is 0.625. The zero-order valence-corrected chi connectivity index (χ0v) is 18.6. The van der Waals surface area contributed by atoms with E-state index in [1.165, 1.54) is 18.2 Å². The molecular formula is C16H30I2N6O6V. The van der Waals surface area contributed by atoms with E-state index in [1.807, 2.05) is 0 Å². The van der Waals surface area contributed by atoms with Gasteiger partial charge in [-0.2, -0.15) is 4.99 Å². The van der Waals surface area contributed by atoms with Gasteiger partial charge in [-0.15, -0.1) is 0 Å². The fourth-order valence-corrected chi connectivity index (χ4v) is 1.68. The van der Waals surface area contributed by atoms with E-state index < -0.39 is 23.7 Å². The van der Waals surface area contributed by atoms with E-state index in [0.717, 1.165) is 0 Å². The van der Waals surface area contributed by atoms with Crippen LogP contribution < -0.4 is 17.1 Å². The third kappa shape index (κ3) is 15.1. The predicted octanol–water partition coefficient (Wildman–Crippen LogP) is 2.09. The Balaban J connectivity index is -0.000000184. The van der Waals surface area contributed by atoms with Gasteiger partial charge in [0.05, 0.1) is 26.2 Å². The van der Waals surface area contributed by atoms with Crippen molar-refractivity contribution in [1.82, 2.24) is 13.7 Å². The molecule has 31 heavy (non-hydrogen) atoms. The standard InChI is InChI=1S/C11H10N6O6.5CH4.2HI.V/c18-6-12-1-3-15-9(21)16(4-2-13-7-19)11(23)17(10(15)22)5-14-8-20;;;;;;;;/h1-5H2;5*1H4;2*1H;/q;;;;;;;;+2/p-2. The number of hydrogen-bond donors (Lipinski definition) is 0. The summed E-state index contributed by atoms with van der Waals surface area (Å²) in [5.74, 6) is 0. The number of rotatable bonds is 8. The molecule has 0 spiro atoms. The average molecular weight is 707 g/mol. The van der Waals surface area contributed by atoms with Gasteiger partial charge in [-0.3, -0.25) is 0 Å². The van der Waals surface area contributed by atoms with E-state index in [2.05, 4.69) is 54.9 Å². The molecule has 0 aliphatic rings. The van der Waals surface area contributed by atoms with Crippen LogP contribution in [0.5, 0.6) is 0 Å². The van der Waals surface area contributed by atoms with Crippen molar-refractivity contribution in [3.8, 4) is 0 Å². The van der Waals surface area contributed by atoms with Gasteiger partial charge in [-0.25, -0.2) is 52.5 Å². The first-order chi connectivity index (χ1) is 12.5. The van der Waals surface area contributed by atoms with Crippen LogP contribution in [0.4, 0.5) is 0 Å². The number of isocyanates is 3. The van der Waals surface area contributed by atoms with Crippen molar-refractivity contribution in [2.45, 2.75) is 56.9 Å². The molecule has 0 amide bonds. The summed E-state index contributed by atoms with van der Waals surface area (Å²) < 4.78 is 1.82. The monoisotopic (exact) mass is 707 g/mol. The summed E-state index contributed by atoms with van der Waals surface area (Å²) in [4.78, 5) is 76.1. The van der Waals surface area contributed by atoms with Crippen molar-refractivity contribution in [3.05, 3.63) is 31.5 Å². The van der Waals surface area contributed by atoms with Gasteiger partial charge in [0.1, 0.15) is 6.67 Å². The fourth-order valence-electron chi connectivity index (χ4n) is 1.68. The van der Waals surface area contributed by atoms with Crippen LogP contribution in [0.1, 0.15) is 37.1 Å². The van der Waals surface area contributed by atoms with Gasteiger partial charge in [0.25, 0.3) is 0 Å². The molecule has 0 unspecified atom stereocenters. The zero-order chi connectivity index (χ0) is 19.9. The maximum absolute atomic E-state index is 12.1. The quantitative estimate of drug-likeness (QED) is 0.229. The van der Waals surface area contributed by atoms with E-state index in [4.69, 9.17) is 0 Å². The average Bonchev–Trinajstić information content (AvgIpc) is 2.61. The Hall–Kier alpha value is -1.41. The molecule has 1 heterocycles. The molecule has 0 aliphatic heterocycles. The first-order valence-electron chi connectivity index (χ1n) is 6.47. The maximum atomic E-state index is 12.1. The summed E-state index contributed by atoms with van der Waals surface area (Å²) in [7, 11) is 0.628. The summed E-state index contributed by atoms with van der Waals surface area (Å²) >= 11 is 4.74. The van der Waals surface area contributed by atoms with E-state index in [-0.39, 0.29) is 63.3 Å². The minimum atomic E-state index is -1.02. The normalized spacial score (nSPS) is 7.42. The number of carbonyl (C=O) groups excluding carboxylic acids is 3. The van der Waals surface area contributed by atoms with Gasteiger partial charge >= 0.3 is 66.5 Å². The molecule has 1 rings (SSSR count). The second-order valence-corrected chi connectivity index (χ2v) is 15.8. The molecule has 0 fully saturated rings. The number of nitrogens with zero attached hydrogens (tertiary/aromatic N) is 6. The molecule has 0 saturated heterocycles. The molecule has 0 aliphatic carbocycles. The second kappa shape index (κ2) is 26.6. The number of aromatic nitrogens is 3. The second-order valence-electron chi connectivity index (χ2n) is 3.98. The molecule has 1 aromatic rings. The molecule has 0 saturated carbocycles. The first-order valence-corrected chi connectivity index (χ1v) is 15.5. The predicted molar refractivity (Wildman–Crippen MR) is 135 cm³/mol. The van der Waals surface area contributed by atoms with E-state index >= 15 is 0 Å². The van der Waals surface area contributed by atoms with Crippen LogP contribution in [0, 0.1) is 0 Å². The minimum absolute atomic E-state index is 0. The van der Waals surface area contributed by atoms with Crippen molar-refractivity contribution in [2.24, 2.45) is 15.0 Å². The summed E-state index contributed by atoms with van der Waals surface area (Å²) in [6.45, 7) is -1.61. The van der Waals surface area contributed by atoms with Gasteiger partial charge in [0.15, 0.2) is 0 Å². The Morgan fingerprint density at radius 1 is 0.645 bits per heavy atom. The summed E-state index contributed by atoms with van der Waals surface area (Å²) in [6, 6.07) is 0. The molecule has 179 valence electrons. The zero-order valence-electron chi connectivity index (χ0n) is 12.9. The molecule has 0 aromatic carbocycles. The van der Waals surface area contributed by atoms with Gasteiger partial charge in [0.2, 0.25) is 18.2 Å². The first kappa shape index (κ1) is 43.5. The molecule has 15 heteroatoms. The van der Waals surface area contributed by atoms with Crippen molar-refractivity contribution < 1.29 is 23.8 Å². The molecule has 12 nitrogen and oxygen atoms in total. The molecule has 0 atom stereocenters. The van der Waals surface area contributed by atoms with Gasteiger partial charge in [-0.05, 0) is 0 Å². The molecule has 0 radical (unpaired) electrons. The summed E-state index contributed by atoms with van der Waals surface area (Å²) in [5.41, 5.74) is -3.00. The van der Waals surface area contributed by atoms with Gasteiger partial charge in [0, 0.05) is 0 Å². The van der Waals surface area contributed by atoms with Crippen LogP contribution >= 0.6 is 40.0 Å². The Morgan fingerprint density at radius 2 is 0.935 bits per heavy atom. The number of hydrogen-bond acceptors (Lipinski definition) is 9. The van der Waals surface area contributed by atoms with E-state index in [0.29, 0.717) is 23.2 Å². The van der Waals surface area contributed by atoms with Crippen LogP contribution in [0.15, 0.2) is 29.4 Å². The van der Waals surface area contributed by atoms with Crippen molar-refractivity contribution in [3.63, 3.8) is 0 Å².